The van der Waals surface area contributed by atoms with Crippen LogP contribution in [0.5, 0.6) is 5.75 Å². The number of aliphatic hydroxyl groups is 1. The van der Waals surface area contributed by atoms with Crippen molar-refractivity contribution < 1.29 is 18.6 Å². The highest BCUT2D eigenvalue weighted by Gasteiger charge is 2.16. The van der Waals surface area contributed by atoms with Gasteiger partial charge in [-0.05, 0) is 19.4 Å². The van der Waals surface area contributed by atoms with E-state index in [1.54, 1.807) is 0 Å². The lowest BCUT2D eigenvalue weighted by molar-refractivity contribution is 0.187. The van der Waals surface area contributed by atoms with Crippen LogP contribution in [0.2, 0.25) is 0 Å². The molecule has 0 fully saturated rings. The molecule has 0 aliphatic rings. The number of rotatable bonds is 6. The molecule has 1 aromatic rings. The topological polar surface area (TPSA) is 29.5 Å². The number of unbranched alkanes of at least 4 members (excludes halogenated alkanes) is 2. The van der Waals surface area contributed by atoms with Gasteiger partial charge >= 0.3 is 0 Å². The molecule has 0 bridgehead atoms. The van der Waals surface area contributed by atoms with Crippen LogP contribution in [0.1, 0.15) is 44.8 Å². The summed E-state index contributed by atoms with van der Waals surface area (Å²) in [5.74, 6) is -1.52. The second kappa shape index (κ2) is 6.55. The molecule has 1 N–H and O–H groups in total. The maximum atomic E-state index is 13.5. The molecule has 0 saturated carbocycles. The first kappa shape index (κ1) is 13.9. The van der Waals surface area contributed by atoms with E-state index in [-0.39, 0.29) is 11.3 Å². The number of benzene rings is 1. The average Bonchev–Trinajstić information content (AvgIpc) is 2.25. The van der Waals surface area contributed by atoms with Crippen molar-refractivity contribution in [3.63, 3.8) is 0 Å². The van der Waals surface area contributed by atoms with E-state index >= 15 is 0 Å². The van der Waals surface area contributed by atoms with Crippen molar-refractivity contribution in [2.24, 2.45) is 0 Å². The zero-order valence-corrected chi connectivity index (χ0v) is 10.2. The lowest BCUT2D eigenvalue weighted by Crippen LogP contribution is -2.05. The molecule has 1 aromatic carbocycles. The van der Waals surface area contributed by atoms with Gasteiger partial charge in [0.05, 0.1) is 12.7 Å². The fraction of sp³-hybridized carbons (Fsp3) is 0.538. The van der Waals surface area contributed by atoms with Gasteiger partial charge in [-0.15, -0.1) is 0 Å². The van der Waals surface area contributed by atoms with Crippen LogP contribution in [0, 0.1) is 11.6 Å². The Morgan fingerprint density at radius 2 is 2.00 bits per heavy atom. The molecule has 0 saturated heterocycles. The molecule has 1 rings (SSSR count). The van der Waals surface area contributed by atoms with Crippen LogP contribution in [-0.2, 0) is 0 Å². The second-order valence-corrected chi connectivity index (χ2v) is 4.04. The second-order valence-electron chi connectivity index (χ2n) is 4.04. The predicted octanol–water partition coefficient (Wildman–Crippen LogP) is 3.59. The van der Waals surface area contributed by atoms with Crippen molar-refractivity contribution in [3.05, 3.63) is 29.3 Å². The van der Waals surface area contributed by atoms with E-state index < -0.39 is 17.7 Å². The Hall–Kier alpha value is -1.16. The fourth-order valence-electron chi connectivity index (χ4n) is 1.57. The highest BCUT2D eigenvalue weighted by Crippen LogP contribution is 2.29. The Morgan fingerprint density at radius 1 is 1.29 bits per heavy atom. The molecule has 96 valence electrons. The number of ether oxygens (including phenoxy) is 1. The molecule has 2 nitrogen and oxygen atoms in total. The standard InChI is InChI=1S/C13H18F2O2/c1-3-4-5-6-17-13-11(9(2)16)7-10(14)8-12(13)15/h7-9,16H,3-6H2,1-2H3/t9-/m1/s1. The summed E-state index contributed by atoms with van der Waals surface area (Å²) in [6, 6.07) is 1.87. The summed E-state index contributed by atoms with van der Waals surface area (Å²) in [7, 11) is 0. The third-order valence-corrected chi connectivity index (χ3v) is 2.48. The predicted molar refractivity (Wildman–Crippen MR) is 62.0 cm³/mol. The first-order valence-corrected chi connectivity index (χ1v) is 5.86. The SMILES string of the molecule is CCCCCOc1c(F)cc(F)cc1[C@@H](C)O. The van der Waals surface area contributed by atoms with Crippen molar-refractivity contribution >= 4 is 0 Å². The largest absolute Gasteiger partial charge is 0.490 e. The minimum absolute atomic E-state index is 0.0440. The molecule has 0 radical (unpaired) electrons. The van der Waals surface area contributed by atoms with Crippen molar-refractivity contribution in [1.29, 1.82) is 0 Å². The van der Waals surface area contributed by atoms with Gasteiger partial charge in [-0.3, -0.25) is 0 Å². The Labute approximate surface area is 100 Å². The molecule has 0 heterocycles. The first-order chi connectivity index (χ1) is 8.06. The smallest absolute Gasteiger partial charge is 0.168 e. The maximum absolute atomic E-state index is 13.5. The number of hydrogen-bond acceptors (Lipinski definition) is 2. The highest BCUT2D eigenvalue weighted by molar-refractivity contribution is 5.37. The van der Waals surface area contributed by atoms with Crippen LogP contribution < -0.4 is 4.74 Å². The van der Waals surface area contributed by atoms with E-state index in [0.717, 1.165) is 31.4 Å². The van der Waals surface area contributed by atoms with E-state index in [9.17, 15) is 13.9 Å². The van der Waals surface area contributed by atoms with Crippen LogP contribution in [-0.4, -0.2) is 11.7 Å². The van der Waals surface area contributed by atoms with Crippen LogP contribution in [0.3, 0.4) is 0 Å². The van der Waals surface area contributed by atoms with Crippen molar-refractivity contribution in [2.75, 3.05) is 6.61 Å². The van der Waals surface area contributed by atoms with Gasteiger partial charge in [0.15, 0.2) is 11.6 Å². The molecule has 0 aliphatic carbocycles. The molecular formula is C13H18F2O2. The van der Waals surface area contributed by atoms with Gasteiger partial charge in [0.1, 0.15) is 5.82 Å². The van der Waals surface area contributed by atoms with E-state index in [4.69, 9.17) is 4.74 Å². The first-order valence-electron chi connectivity index (χ1n) is 5.86. The number of hydrogen-bond donors (Lipinski definition) is 1. The van der Waals surface area contributed by atoms with Gasteiger partial charge in [-0.25, -0.2) is 8.78 Å². The molecule has 0 aliphatic heterocycles. The van der Waals surface area contributed by atoms with E-state index in [0.29, 0.717) is 6.61 Å². The molecule has 0 unspecified atom stereocenters. The zero-order valence-electron chi connectivity index (χ0n) is 10.2. The maximum Gasteiger partial charge on any atom is 0.168 e. The van der Waals surface area contributed by atoms with Crippen molar-refractivity contribution in [2.45, 2.75) is 39.2 Å². The molecule has 1 atom stereocenters. The number of aliphatic hydroxyl groups excluding tert-OH is 1. The molecule has 0 amide bonds. The summed E-state index contributed by atoms with van der Waals surface area (Å²) >= 11 is 0. The van der Waals surface area contributed by atoms with Gasteiger partial charge in [-0.1, -0.05) is 19.8 Å². The summed E-state index contributed by atoms with van der Waals surface area (Å²) in [6.07, 6.45) is 1.89. The van der Waals surface area contributed by atoms with Gasteiger partial charge < -0.3 is 9.84 Å². The Kier molecular flexibility index (Phi) is 5.35. The summed E-state index contributed by atoms with van der Waals surface area (Å²) in [4.78, 5) is 0. The zero-order chi connectivity index (χ0) is 12.8. The van der Waals surface area contributed by atoms with Gasteiger partial charge in [-0.2, -0.15) is 0 Å². The summed E-state index contributed by atoms with van der Waals surface area (Å²) in [5, 5.41) is 9.44. The Bertz CT molecular complexity index is 365. The van der Waals surface area contributed by atoms with Crippen LogP contribution in [0.4, 0.5) is 8.78 Å². The third kappa shape index (κ3) is 3.97. The van der Waals surface area contributed by atoms with Gasteiger partial charge in [0.25, 0.3) is 0 Å². The lowest BCUT2D eigenvalue weighted by atomic mass is 10.1. The summed E-state index contributed by atoms with van der Waals surface area (Å²) in [6.45, 7) is 3.88. The summed E-state index contributed by atoms with van der Waals surface area (Å²) < 4.78 is 31.8. The van der Waals surface area contributed by atoms with Gasteiger partial charge in [0, 0.05) is 11.6 Å². The van der Waals surface area contributed by atoms with Crippen LogP contribution >= 0.6 is 0 Å². The fourth-order valence-corrected chi connectivity index (χ4v) is 1.57. The Morgan fingerprint density at radius 3 is 2.59 bits per heavy atom. The molecule has 0 aromatic heterocycles. The molecule has 17 heavy (non-hydrogen) atoms. The Balaban J connectivity index is 2.81. The lowest BCUT2D eigenvalue weighted by Gasteiger charge is -2.14. The average molecular weight is 244 g/mol. The quantitative estimate of drug-likeness (QED) is 0.775. The molecular weight excluding hydrogens is 226 g/mol. The highest BCUT2D eigenvalue weighted by atomic mass is 19.1. The van der Waals surface area contributed by atoms with Gasteiger partial charge in [0.2, 0.25) is 0 Å². The third-order valence-electron chi connectivity index (χ3n) is 2.48. The summed E-state index contributed by atoms with van der Waals surface area (Å²) in [5.41, 5.74) is 0.152. The van der Waals surface area contributed by atoms with Crippen molar-refractivity contribution in [1.82, 2.24) is 0 Å². The van der Waals surface area contributed by atoms with E-state index in [1.807, 2.05) is 0 Å². The minimum atomic E-state index is -0.957. The van der Waals surface area contributed by atoms with Crippen molar-refractivity contribution in [3.8, 4) is 5.75 Å². The van der Waals surface area contributed by atoms with Crippen LogP contribution in [0.15, 0.2) is 12.1 Å². The minimum Gasteiger partial charge on any atom is -0.490 e. The monoisotopic (exact) mass is 244 g/mol. The number of halogens is 2. The normalized spacial score (nSPS) is 12.5. The molecule has 4 heteroatoms. The van der Waals surface area contributed by atoms with Crippen LogP contribution in [0.25, 0.3) is 0 Å². The van der Waals surface area contributed by atoms with E-state index in [2.05, 4.69) is 6.92 Å². The molecule has 0 spiro atoms. The van der Waals surface area contributed by atoms with E-state index in [1.165, 1.54) is 6.92 Å².